The maximum Gasteiger partial charge on any atom is 0.335 e. The van der Waals surface area contributed by atoms with Gasteiger partial charge < -0.3 is 24.8 Å². The summed E-state index contributed by atoms with van der Waals surface area (Å²) in [5.74, 6) is -2.35. The van der Waals surface area contributed by atoms with Gasteiger partial charge >= 0.3 is 5.97 Å². The summed E-state index contributed by atoms with van der Waals surface area (Å²) in [6.45, 7) is 0. The zero-order chi connectivity index (χ0) is 13.9. The molecular formula is C11H13FO6. The van der Waals surface area contributed by atoms with Crippen molar-refractivity contribution in [2.24, 2.45) is 0 Å². The number of aliphatic hydroxyl groups excluding tert-OH is 2. The number of aliphatic hydroxyl groups is 2. The van der Waals surface area contributed by atoms with Crippen LogP contribution in [0.15, 0.2) is 12.1 Å². The van der Waals surface area contributed by atoms with Crippen molar-refractivity contribution < 1.29 is 34.0 Å². The summed E-state index contributed by atoms with van der Waals surface area (Å²) in [5, 5.41) is 27.3. The van der Waals surface area contributed by atoms with Gasteiger partial charge in [-0.2, -0.15) is 0 Å². The molecule has 1 rings (SSSR count). The number of rotatable bonds is 5. The van der Waals surface area contributed by atoms with Crippen LogP contribution in [-0.4, -0.2) is 41.6 Å². The second-order valence-electron chi connectivity index (χ2n) is 3.46. The molecule has 0 saturated carbocycles. The third-order valence-electron chi connectivity index (χ3n) is 2.37. The van der Waals surface area contributed by atoms with Crippen molar-refractivity contribution in [3.05, 3.63) is 23.5 Å². The van der Waals surface area contributed by atoms with Gasteiger partial charge in [-0.3, -0.25) is 0 Å². The largest absolute Gasteiger partial charge is 0.493 e. The van der Waals surface area contributed by atoms with Crippen LogP contribution in [0.5, 0.6) is 11.5 Å². The lowest BCUT2D eigenvalue weighted by Crippen LogP contribution is -2.28. The Morgan fingerprint density at radius 3 is 2.17 bits per heavy atom. The predicted octanol–water partition coefficient (Wildman–Crippen LogP) is 0.322. The fraction of sp³-hybridized carbons (Fsp3) is 0.364. The second-order valence-corrected chi connectivity index (χ2v) is 3.46. The molecule has 3 N–H and O–H groups in total. The SMILES string of the molecule is COc1cc(F)c(C(O)C(O)C(=O)O)cc1OC. The van der Waals surface area contributed by atoms with Crippen molar-refractivity contribution in [3.63, 3.8) is 0 Å². The molecule has 0 aliphatic carbocycles. The van der Waals surface area contributed by atoms with Crippen LogP contribution >= 0.6 is 0 Å². The summed E-state index contributed by atoms with van der Waals surface area (Å²) < 4.78 is 23.4. The van der Waals surface area contributed by atoms with Crippen molar-refractivity contribution in [3.8, 4) is 11.5 Å². The lowest BCUT2D eigenvalue weighted by molar-refractivity contribution is -0.153. The third-order valence-corrected chi connectivity index (χ3v) is 2.37. The highest BCUT2D eigenvalue weighted by atomic mass is 19.1. The molecule has 0 aliphatic rings. The Labute approximate surface area is 102 Å². The number of ether oxygens (including phenoxy) is 2. The minimum Gasteiger partial charge on any atom is -0.493 e. The first kappa shape index (κ1) is 14.2. The first-order valence-corrected chi connectivity index (χ1v) is 4.92. The topological polar surface area (TPSA) is 96.2 Å². The smallest absolute Gasteiger partial charge is 0.335 e. The van der Waals surface area contributed by atoms with Crippen LogP contribution in [-0.2, 0) is 4.79 Å². The highest BCUT2D eigenvalue weighted by molar-refractivity contribution is 5.73. The van der Waals surface area contributed by atoms with E-state index < -0.39 is 24.0 Å². The Hall–Kier alpha value is -1.86. The van der Waals surface area contributed by atoms with Gasteiger partial charge in [0.05, 0.1) is 14.2 Å². The molecule has 0 aliphatic heterocycles. The van der Waals surface area contributed by atoms with Gasteiger partial charge in [0.1, 0.15) is 11.9 Å². The average Bonchev–Trinajstić information content (AvgIpc) is 2.36. The van der Waals surface area contributed by atoms with E-state index in [4.69, 9.17) is 14.6 Å². The van der Waals surface area contributed by atoms with Gasteiger partial charge in [-0.15, -0.1) is 0 Å². The molecule has 6 nitrogen and oxygen atoms in total. The molecule has 7 heteroatoms. The zero-order valence-electron chi connectivity index (χ0n) is 9.75. The van der Waals surface area contributed by atoms with Crippen molar-refractivity contribution in [2.45, 2.75) is 12.2 Å². The van der Waals surface area contributed by atoms with Crippen LogP contribution in [0.1, 0.15) is 11.7 Å². The monoisotopic (exact) mass is 260 g/mol. The molecule has 2 unspecified atom stereocenters. The fourth-order valence-electron chi connectivity index (χ4n) is 1.40. The summed E-state index contributed by atoms with van der Waals surface area (Å²) in [6, 6.07) is 2.01. The Morgan fingerprint density at radius 1 is 1.22 bits per heavy atom. The molecule has 0 heterocycles. The zero-order valence-corrected chi connectivity index (χ0v) is 9.75. The molecular weight excluding hydrogens is 247 g/mol. The molecule has 0 saturated heterocycles. The maximum absolute atomic E-state index is 13.6. The number of hydrogen-bond acceptors (Lipinski definition) is 5. The number of carboxylic acids is 1. The molecule has 0 bridgehead atoms. The normalized spacial score (nSPS) is 13.8. The van der Waals surface area contributed by atoms with Gasteiger partial charge in [-0.05, 0) is 6.07 Å². The number of halogens is 1. The quantitative estimate of drug-likeness (QED) is 0.705. The number of carboxylic acid groups (broad SMARTS) is 1. The summed E-state index contributed by atoms with van der Waals surface area (Å²) in [7, 11) is 2.61. The van der Waals surface area contributed by atoms with Crippen LogP contribution in [0.4, 0.5) is 4.39 Å². The molecule has 0 amide bonds. The molecule has 1 aromatic rings. The van der Waals surface area contributed by atoms with E-state index in [1.807, 2.05) is 0 Å². The van der Waals surface area contributed by atoms with E-state index >= 15 is 0 Å². The minimum absolute atomic E-state index is 0.0933. The van der Waals surface area contributed by atoms with Crippen molar-refractivity contribution in [1.29, 1.82) is 0 Å². The molecule has 100 valence electrons. The maximum atomic E-state index is 13.6. The van der Waals surface area contributed by atoms with E-state index in [9.17, 15) is 19.4 Å². The molecule has 2 atom stereocenters. The van der Waals surface area contributed by atoms with Gasteiger partial charge in [0.15, 0.2) is 17.6 Å². The summed E-state index contributed by atoms with van der Waals surface area (Å²) in [5.41, 5.74) is -0.387. The van der Waals surface area contributed by atoms with Gasteiger partial charge in [0, 0.05) is 11.6 Å². The standard InChI is InChI=1S/C11H13FO6/c1-17-7-3-5(6(12)4-8(7)18-2)9(13)10(14)11(15)16/h3-4,9-10,13-14H,1-2H3,(H,15,16). The van der Waals surface area contributed by atoms with E-state index in [-0.39, 0.29) is 17.1 Å². The first-order valence-electron chi connectivity index (χ1n) is 4.92. The average molecular weight is 260 g/mol. The Bertz CT molecular complexity index is 447. The molecule has 0 fully saturated rings. The molecule has 18 heavy (non-hydrogen) atoms. The first-order chi connectivity index (χ1) is 8.42. The fourth-order valence-corrected chi connectivity index (χ4v) is 1.40. The Balaban J connectivity index is 3.20. The summed E-state index contributed by atoms with van der Waals surface area (Å²) in [4.78, 5) is 10.5. The highest BCUT2D eigenvalue weighted by Gasteiger charge is 2.28. The van der Waals surface area contributed by atoms with E-state index in [1.165, 1.54) is 14.2 Å². The van der Waals surface area contributed by atoms with Crippen LogP contribution in [0.3, 0.4) is 0 Å². The predicted molar refractivity (Wildman–Crippen MR) is 58.1 cm³/mol. The lowest BCUT2D eigenvalue weighted by atomic mass is 10.0. The van der Waals surface area contributed by atoms with Gasteiger partial charge in [-0.1, -0.05) is 0 Å². The van der Waals surface area contributed by atoms with E-state index in [0.717, 1.165) is 12.1 Å². The summed E-state index contributed by atoms with van der Waals surface area (Å²) in [6.07, 6.45) is -4.03. The van der Waals surface area contributed by atoms with Crippen LogP contribution < -0.4 is 9.47 Å². The van der Waals surface area contributed by atoms with Gasteiger partial charge in [0.2, 0.25) is 0 Å². The lowest BCUT2D eigenvalue weighted by Gasteiger charge is -2.17. The number of methoxy groups -OCH3 is 2. The number of aliphatic carboxylic acids is 1. The number of hydrogen-bond donors (Lipinski definition) is 3. The number of carbonyl (C=O) groups is 1. The van der Waals surface area contributed by atoms with E-state index in [2.05, 4.69) is 0 Å². The second kappa shape index (κ2) is 5.65. The minimum atomic E-state index is -2.13. The van der Waals surface area contributed by atoms with Crippen LogP contribution in [0, 0.1) is 5.82 Å². The Kier molecular flexibility index (Phi) is 4.46. The van der Waals surface area contributed by atoms with E-state index in [0.29, 0.717) is 0 Å². The van der Waals surface area contributed by atoms with E-state index in [1.54, 1.807) is 0 Å². The van der Waals surface area contributed by atoms with Crippen molar-refractivity contribution in [2.75, 3.05) is 14.2 Å². The van der Waals surface area contributed by atoms with Crippen LogP contribution in [0.2, 0.25) is 0 Å². The van der Waals surface area contributed by atoms with Crippen molar-refractivity contribution in [1.82, 2.24) is 0 Å². The highest BCUT2D eigenvalue weighted by Crippen LogP contribution is 2.33. The van der Waals surface area contributed by atoms with Gasteiger partial charge in [0.25, 0.3) is 0 Å². The third kappa shape index (κ3) is 2.69. The molecule has 0 aromatic heterocycles. The molecule has 1 aromatic carbocycles. The number of benzene rings is 1. The van der Waals surface area contributed by atoms with Crippen LogP contribution in [0.25, 0.3) is 0 Å². The van der Waals surface area contributed by atoms with Gasteiger partial charge in [-0.25, -0.2) is 9.18 Å². The van der Waals surface area contributed by atoms with Crippen molar-refractivity contribution >= 4 is 5.97 Å². The summed E-state index contributed by atoms with van der Waals surface area (Å²) >= 11 is 0. The molecule has 0 radical (unpaired) electrons. The Morgan fingerprint density at radius 2 is 1.72 bits per heavy atom. The molecule has 0 spiro atoms.